The second kappa shape index (κ2) is 10.0. The lowest BCUT2D eigenvalue weighted by Gasteiger charge is -2.16. The van der Waals surface area contributed by atoms with Crippen molar-refractivity contribution in [1.29, 1.82) is 5.26 Å². The molecule has 174 valence electrons. The average molecular weight is 467 g/mol. The first kappa shape index (κ1) is 23.4. The van der Waals surface area contributed by atoms with Crippen LogP contribution in [0.15, 0.2) is 78.9 Å². The Kier molecular flexibility index (Phi) is 6.87. The lowest BCUT2D eigenvalue weighted by Crippen LogP contribution is -2.17. The van der Waals surface area contributed by atoms with Crippen LogP contribution in [0.2, 0.25) is 0 Å². The van der Waals surface area contributed by atoms with E-state index in [1.54, 1.807) is 42.5 Å². The van der Waals surface area contributed by atoms with E-state index in [1.165, 1.54) is 30.3 Å². The molecule has 1 aliphatic rings. The van der Waals surface area contributed by atoms with Crippen molar-refractivity contribution in [2.75, 3.05) is 0 Å². The highest BCUT2D eigenvalue weighted by atomic mass is 19.4. The van der Waals surface area contributed by atoms with Crippen LogP contribution in [0, 0.1) is 23.1 Å². The Labute approximate surface area is 194 Å². The molecule has 0 saturated heterocycles. The molecule has 1 fully saturated rings. The molecule has 0 aliphatic heterocycles. The van der Waals surface area contributed by atoms with Gasteiger partial charge in [0, 0.05) is 0 Å². The zero-order valence-electron chi connectivity index (χ0n) is 18.1. The molecule has 1 aliphatic carbocycles. The second-order valence-electron chi connectivity index (χ2n) is 8.09. The molecule has 4 rings (SSSR count). The van der Waals surface area contributed by atoms with Gasteiger partial charge in [-0.05, 0) is 78.6 Å². The Hall–Kier alpha value is -3.79. The second-order valence-corrected chi connectivity index (χ2v) is 8.09. The molecule has 0 amide bonds. The van der Waals surface area contributed by atoms with Crippen molar-refractivity contribution >= 4 is 5.57 Å². The van der Waals surface area contributed by atoms with E-state index in [2.05, 4.69) is 10.8 Å². The number of para-hydroxylation sites is 1. The first-order chi connectivity index (χ1) is 16.3. The minimum Gasteiger partial charge on any atom is -0.454 e. The zero-order valence-corrected chi connectivity index (χ0v) is 18.1. The smallest absolute Gasteiger partial charge is 0.454 e. The van der Waals surface area contributed by atoms with Crippen LogP contribution in [0.5, 0.6) is 17.2 Å². The number of benzene rings is 3. The first-order valence-electron chi connectivity index (χ1n) is 10.8. The Balaban J connectivity index is 1.53. The summed E-state index contributed by atoms with van der Waals surface area (Å²) in [5.41, 5.74) is 1.79. The van der Waals surface area contributed by atoms with E-state index in [1.807, 2.05) is 6.07 Å². The summed E-state index contributed by atoms with van der Waals surface area (Å²) in [5.74, 6) is 0.148. The molecule has 0 N–H and O–H groups in total. The molecule has 1 saturated carbocycles. The largest absolute Gasteiger partial charge is 0.573 e. The summed E-state index contributed by atoms with van der Waals surface area (Å²) in [4.78, 5) is 0. The highest BCUT2D eigenvalue weighted by Gasteiger charge is 2.33. The SMILES string of the molecule is N#CC(=CCC(c1ccc(OC(F)(F)F)cc1)C1CC1)c1ccc(F)c(Oc2ccccc2)c1. The number of halogens is 4. The maximum absolute atomic E-state index is 14.3. The van der Waals surface area contributed by atoms with Gasteiger partial charge >= 0.3 is 6.36 Å². The van der Waals surface area contributed by atoms with Crippen molar-refractivity contribution in [2.45, 2.75) is 31.5 Å². The van der Waals surface area contributed by atoms with E-state index in [9.17, 15) is 22.8 Å². The van der Waals surface area contributed by atoms with Gasteiger partial charge in [0.1, 0.15) is 11.5 Å². The molecule has 0 bridgehead atoms. The molecule has 34 heavy (non-hydrogen) atoms. The van der Waals surface area contributed by atoms with Crippen LogP contribution in [0.3, 0.4) is 0 Å². The van der Waals surface area contributed by atoms with Crippen LogP contribution >= 0.6 is 0 Å². The highest BCUT2D eigenvalue weighted by molar-refractivity contribution is 5.77. The number of nitrogens with zero attached hydrogens (tertiary/aromatic N) is 1. The summed E-state index contributed by atoms with van der Waals surface area (Å²) in [6.07, 6.45) is -0.373. The van der Waals surface area contributed by atoms with Crippen molar-refractivity contribution < 1.29 is 27.0 Å². The summed E-state index contributed by atoms with van der Waals surface area (Å²) in [5, 5.41) is 9.74. The van der Waals surface area contributed by atoms with Gasteiger partial charge in [-0.15, -0.1) is 13.2 Å². The van der Waals surface area contributed by atoms with Gasteiger partial charge < -0.3 is 9.47 Å². The van der Waals surface area contributed by atoms with Gasteiger partial charge in [0.15, 0.2) is 11.6 Å². The predicted octanol–water partition coefficient (Wildman–Crippen LogP) is 8.01. The summed E-state index contributed by atoms with van der Waals surface area (Å²) < 4.78 is 61.2. The summed E-state index contributed by atoms with van der Waals surface area (Å²) in [6.45, 7) is 0. The maximum atomic E-state index is 14.3. The fourth-order valence-corrected chi connectivity index (χ4v) is 3.85. The van der Waals surface area contributed by atoms with Gasteiger partial charge in [0.25, 0.3) is 0 Å². The number of alkyl halides is 3. The number of allylic oxidation sites excluding steroid dienone is 2. The molecule has 0 radical (unpaired) electrons. The molecular formula is C27H21F4NO2. The Morgan fingerprint density at radius 1 is 1.00 bits per heavy atom. The van der Waals surface area contributed by atoms with Crippen LogP contribution in [-0.2, 0) is 0 Å². The fourth-order valence-electron chi connectivity index (χ4n) is 3.85. The lowest BCUT2D eigenvalue weighted by atomic mass is 9.89. The molecule has 0 aromatic heterocycles. The summed E-state index contributed by atoms with van der Waals surface area (Å²) in [7, 11) is 0. The minimum atomic E-state index is -4.74. The molecular weight excluding hydrogens is 446 g/mol. The van der Waals surface area contributed by atoms with Crippen molar-refractivity contribution in [3.63, 3.8) is 0 Å². The third-order valence-corrected chi connectivity index (χ3v) is 5.64. The van der Waals surface area contributed by atoms with Gasteiger partial charge in [-0.1, -0.05) is 42.5 Å². The summed E-state index contributed by atoms with van der Waals surface area (Å²) >= 11 is 0. The highest BCUT2D eigenvalue weighted by Crippen LogP contribution is 2.45. The third kappa shape index (κ3) is 6.16. The minimum absolute atomic E-state index is 0.0175. The Morgan fingerprint density at radius 3 is 2.32 bits per heavy atom. The van der Waals surface area contributed by atoms with Gasteiger partial charge in [0.2, 0.25) is 0 Å². The number of ether oxygens (including phenoxy) is 2. The van der Waals surface area contributed by atoms with Crippen molar-refractivity contribution in [3.05, 3.63) is 95.8 Å². The fraction of sp³-hybridized carbons (Fsp3) is 0.222. The van der Waals surface area contributed by atoms with Crippen LogP contribution in [-0.4, -0.2) is 6.36 Å². The van der Waals surface area contributed by atoms with Gasteiger partial charge in [-0.25, -0.2) is 4.39 Å². The van der Waals surface area contributed by atoms with E-state index in [4.69, 9.17) is 4.74 Å². The Bertz CT molecular complexity index is 1190. The first-order valence-corrected chi connectivity index (χ1v) is 10.8. The molecule has 7 heteroatoms. The lowest BCUT2D eigenvalue weighted by molar-refractivity contribution is -0.274. The van der Waals surface area contributed by atoms with Crippen molar-refractivity contribution in [1.82, 2.24) is 0 Å². The maximum Gasteiger partial charge on any atom is 0.573 e. The van der Waals surface area contributed by atoms with E-state index < -0.39 is 12.2 Å². The normalized spacial score (nSPS) is 14.9. The molecule has 3 aromatic rings. The van der Waals surface area contributed by atoms with Gasteiger partial charge in [-0.3, -0.25) is 0 Å². The van der Waals surface area contributed by atoms with Crippen molar-refractivity contribution in [3.8, 4) is 23.3 Å². The van der Waals surface area contributed by atoms with Crippen LogP contribution in [0.1, 0.15) is 36.3 Å². The monoisotopic (exact) mass is 467 g/mol. The zero-order chi connectivity index (χ0) is 24.1. The number of hydrogen-bond donors (Lipinski definition) is 0. The quantitative estimate of drug-likeness (QED) is 0.249. The molecule has 0 heterocycles. The van der Waals surface area contributed by atoms with E-state index in [-0.39, 0.29) is 17.4 Å². The summed E-state index contributed by atoms with van der Waals surface area (Å²) in [6, 6.07) is 21.1. The van der Waals surface area contributed by atoms with Crippen LogP contribution in [0.25, 0.3) is 5.57 Å². The third-order valence-electron chi connectivity index (χ3n) is 5.64. The van der Waals surface area contributed by atoms with E-state index in [0.717, 1.165) is 18.4 Å². The van der Waals surface area contributed by atoms with Gasteiger partial charge in [-0.2, -0.15) is 5.26 Å². The van der Waals surface area contributed by atoms with Crippen molar-refractivity contribution in [2.24, 2.45) is 5.92 Å². The van der Waals surface area contributed by atoms with E-state index >= 15 is 0 Å². The molecule has 0 spiro atoms. The van der Waals surface area contributed by atoms with Crippen LogP contribution in [0.4, 0.5) is 17.6 Å². The molecule has 1 unspecified atom stereocenters. The molecule has 3 aromatic carbocycles. The number of hydrogen-bond acceptors (Lipinski definition) is 3. The number of nitriles is 1. The molecule has 3 nitrogen and oxygen atoms in total. The predicted molar refractivity (Wildman–Crippen MR) is 120 cm³/mol. The average Bonchev–Trinajstić information content (AvgIpc) is 3.64. The molecule has 1 atom stereocenters. The van der Waals surface area contributed by atoms with E-state index in [0.29, 0.717) is 29.2 Å². The standard InChI is InChI=1S/C27H21F4NO2/c28-25-15-11-20(16-26(25)33-22-4-2-1-3-5-22)21(17-32)10-14-24(18-6-7-18)19-8-12-23(13-9-19)34-27(29,30)31/h1-5,8-13,15-16,18,24H,6-7,14H2. The Morgan fingerprint density at radius 2 is 1.71 bits per heavy atom. The van der Waals surface area contributed by atoms with Crippen LogP contribution < -0.4 is 9.47 Å². The topological polar surface area (TPSA) is 42.2 Å². The number of rotatable bonds is 8. The van der Waals surface area contributed by atoms with Gasteiger partial charge in [0.05, 0.1) is 11.6 Å².